The number of hydrogen-bond donors (Lipinski definition) is 0. The number of fused-ring (bicyclic) bond motifs is 2. The normalized spacial score (nSPS) is 17.7. The average Bonchev–Trinajstić information content (AvgIpc) is 3.62. The molecule has 4 aromatic rings. The van der Waals surface area contributed by atoms with Gasteiger partial charge >= 0.3 is 67.1 Å². The van der Waals surface area contributed by atoms with Crippen molar-refractivity contribution in [3.05, 3.63) is 129 Å². The minimum Gasteiger partial charge on any atom is -1.00 e. The molecule has 0 aromatic heterocycles. The molecule has 9 heteroatoms. The molecule has 0 atom stereocenters. The van der Waals surface area contributed by atoms with Gasteiger partial charge in [0.05, 0.1) is 16.1 Å². The predicted molar refractivity (Wildman–Crippen MR) is 270 cm³/mol. The van der Waals surface area contributed by atoms with Gasteiger partial charge in [0, 0.05) is 0 Å². The van der Waals surface area contributed by atoms with E-state index in [0.717, 1.165) is 11.8 Å². The third-order valence-corrected chi connectivity index (χ3v) is 19.9. The van der Waals surface area contributed by atoms with Crippen molar-refractivity contribution in [1.82, 2.24) is 0 Å². The Morgan fingerprint density at radius 3 is 1.22 bits per heavy atom. The van der Waals surface area contributed by atoms with E-state index in [1.165, 1.54) is 165 Å². The molecule has 0 saturated heterocycles. The summed E-state index contributed by atoms with van der Waals surface area (Å²) < 4.78 is 34.3. The van der Waals surface area contributed by atoms with E-state index in [2.05, 4.69) is 161 Å². The molecule has 8 rings (SSSR count). The minimum atomic E-state index is -3.93. The SMILES string of the molecule is C[Si](=[Zr+2])CCC(F)(F)F.C[Si](C)(C)c1ccc(-c2cccc3c2=CC(=CC2CCCCCC2)[C-]=3)cc1.C[Si](C)(C)c1ccc(-c2cccc3c2=CC(=CC2CCCCCC2)[C-]=3)cc1.[Cl-].[Cl-]. The maximum absolute atomic E-state index is 11.4. The van der Waals surface area contributed by atoms with Crippen LogP contribution in [-0.2, 0) is 23.3 Å². The summed E-state index contributed by atoms with van der Waals surface area (Å²) in [7, 11) is -2.49. The van der Waals surface area contributed by atoms with Crippen molar-refractivity contribution in [2.45, 2.75) is 142 Å². The van der Waals surface area contributed by atoms with Crippen LogP contribution >= 0.6 is 0 Å². The van der Waals surface area contributed by atoms with Gasteiger partial charge in [-0.15, -0.1) is 80.6 Å². The molecule has 0 spiro atoms. The number of benzene rings is 4. The fourth-order valence-corrected chi connectivity index (χ4v) is 13.0. The molecule has 0 nitrogen and oxygen atoms in total. The van der Waals surface area contributed by atoms with Crippen LogP contribution in [-0.4, -0.2) is 27.8 Å². The minimum absolute atomic E-state index is 0. The zero-order valence-corrected chi connectivity index (χ0v) is 46.8. The van der Waals surface area contributed by atoms with Crippen molar-refractivity contribution >= 4 is 56.3 Å². The van der Waals surface area contributed by atoms with Crippen LogP contribution < -0.4 is 56.1 Å². The van der Waals surface area contributed by atoms with E-state index in [9.17, 15) is 13.2 Å². The van der Waals surface area contributed by atoms with E-state index in [4.69, 9.17) is 0 Å². The molecule has 65 heavy (non-hydrogen) atoms. The summed E-state index contributed by atoms with van der Waals surface area (Å²) in [6.07, 6.45) is 29.1. The molecule has 0 unspecified atom stereocenters. The molecule has 0 aliphatic heterocycles. The third-order valence-electron chi connectivity index (χ3n) is 12.9. The summed E-state index contributed by atoms with van der Waals surface area (Å²) in [5.74, 6) is 1.47. The quantitative estimate of drug-likeness (QED) is 0.106. The first kappa shape index (κ1) is 55.3. The molecule has 0 radical (unpaired) electrons. The molecular weight excluding hydrogens is 976 g/mol. The Bertz CT molecular complexity index is 2330. The topological polar surface area (TPSA) is 0 Å². The first-order valence-corrected chi connectivity index (χ1v) is 36.6. The Morgan fingerprint density at radius 2 is 0.923 bits per heavy atom. The Balaban J connectivity index is 0.000000234. The summed E-state index contributed by atoms with van der Waals surface area (Å²) >= 11 is 1.29. The molecule has 0 heterocycles. The first-order valence-electron chi connectivity index (χ1n) is 23.7. The molecule has 4 aromatic carbocycles. The largest absolute Gasteiger partial charge is 1.00 e. The fraction of sp³-hybridized carbons (Fsp3) is 0.429. The summed E-state index contributed by atoms with van der Waals surface area (Å²) in [5, 5.41) is 8.24. The summed E-state index contributed by atoms with van der Waals surface area (Å²) in [6, 6.07) is 32.3. The number of hydrogen-bond acceptors (Lipinski definition) is 0. The summed E-state index contributed by atoms with van der Waals surface area (Å²) in [5.41, 5.74) is 7.31. The molecule has 4 aliphatic carbocycles. The van der Waals surface area contributed by atoms with Crippen LogP contribution in [0, 0.1) is 11.8 Å². The maximum Gasteiger partial charge on any atom is 0.0775 e. The van der Waals surface area contributed by atoms with Crippen LogP contribution in [0.5, 0.6) is 0 Å². The van der Waals surface area contributed by atoms with Gasteiger partial charge < -0.3 is 24.8 Å². The van der Waals surface area contributed by atoms with Gasteiger partial charge in [-0.3, -0.25) is 0 Å². The van der Waals surface area contributed by atoms with Gasteiger partial charge in [-0.05, 0) is 23.0 Å². The van der Waals surface area contributed by atoms with Gasteiger partial charge in [-0.25, -0.2) is 0 Å². The van der Waals surface area contributed by atoms with E-state index in [1.807, 2.05) is 6.55 Å². The van der Waals surface area contributed by atoms with E-state index < -0.39 is 34.2 Å². The van der Waals surface area contributed by atoms with Crippen LogP contribution in [0.1, 0.15) is 83.5 Å². The van der Waals surface area contributed by atoms with Crippen LogP contribution in [0.15, 0.2) is 108 Å². The Morgan fingerprint density at radius 1 is 0.569 bits per heavy atom. The van der Waals surface area contributed by atoms with Crippen molar-refractivity contribution < 1.29 is 61.3 Å². The third kappa shape index (κ3) is 17.0. The Kier molecular flexibility index (Phi) is 21.6. The van der Waals surface area contributed by atoms with Gasteiger partial charge in [-0.2, -0.15) is 0 Å². The average molecular weight is 1050 g/mol. The first-order chi connectivity index (χ1) is 29.9. The second-order valence-corrected chi connectivity index (χ2v) is 38.9. The number of allylic oxidation sites excluding steroid dienone is 4. The van der Waals surface area contributed by atoms with Gasteiger partial charge in [0.25, 0.3) is 0 Å². The van der Waals surface area contributed by atoms with Crippen LogP contribution in [0.3, 0.4) is 0 Å². The van der Waals surface area contributed by atoms with Gasteiger partial charge in [-0.1, -0.05) is 211 Å². The summed E-state index contributed by atoms with van der Waals surface area (Å²) in [6.45, 7) is 16.4. The van der Waals surface area contributed by atoms with E-state index in [1.54, 1.807) is 0 Å². The molecule has 0 N–H and O–H groups in total. The van der Waals surface area contributed by atoms with Crippen LogP contribution in [0.25, 0.3) is 46.6 Å². The number of alkyl halides is 3. The smallest absolute Gasteiger partial charge is 0.0775 e. The second kappa shape index (κ2) is 25.4. The van der Waals surface area contributed by atoms with E-state index in [-0.39, 0.29) is 24.8 Å². The molecule has 0 amide bonds. The molecular formula is C56H69Cl2F3Si3Zr-2. The van der Waals surface area contributed by atoms with E-state index in [0.29, 0.717) is 6.04 Å². The van der Waals surface area contributed by atoms with Crippen molar-refractivity contribution in [1.29, 1.82) is 0 Å². The Labute approximate surface area is 419 Å². The number of halogens is 5. The van der Waals surface area contributed by atoms with Crippen molar-refractivity contribution in [3.63, 3.8) is 0 Å². The van der Waals surface area contributed by atoms with Crippen molar-refractivity contribution in [2.75, 3.05) is 0 Å². The predicted octanol–water partition coefficient (Wildman–Crippen LogP) is 6.61. The van der Waals surface area contributed by atoms with Gasteiger partial charge in [0.1, 0.15) is 0 Å². The number of rotatable bonds is 8. The van der Waals surface area contributed by atoms with Crippen LogP contribution in [0.2, 0.25) is 51.9 Å². The molecule has 0 bridgehead atoms. The monoisotopic (exact) mass is 1040 g/mol. The second-order valence-electron chi connectivity index (χ2n) is 20.4. The fourth-order valence-electron chi connectivity index (χ4n) is 9.13. The zero-order valence-electron chi connectivity index (χ0n) is 39.8. The van der Waals surface area contributed by atoms with Gasteiger partial charge in [0.15, 0.2) is 0 Å². The maximum atomic E-state index is 11.4. The molecule has 4 aliphatic rings. The molecule has 346 valence electrons. The van der Waals surface area contributed by atoms with Crippen LogP contribution in [0.4, 0.5) is 13.2 Å². The summed E-state index contributed by atoms with van der Waals surface area (Å²) in [4.78, 5) is 0. The Hall–Kier alpha value is -2.26. The van der Waals surface area contributed by atoms with E-state index >= 15 is 0 Å². The molecule has 2 saturated carbocycles. The van der Waals surface area contributed by atoms with Gasteiger partial charge in [0.2, 0.25) is 0 Å². The molecule has 2 fully saturated rings. The van der Waals surface area contributed by atoms with Crippen molar-refractivity contribution in [3.8, 4) is 22.3 Å². The zero-order chi connectivity index (χ0) is 45.2. The van der Waals surface area contributed by atoms with Crippen molar-refractivity contribution in [2.24, 2.45) is 11.8 Å². The standard InChI is InChI=1S/2C26H31Si.C4H7F3Si.2ClH.Zr/c2*1-27(2,3)24-15-13-22(14-16-24)25-12-8-11-23-18-21(19-26(23)25)17-20-9-6-4-5-7-10-20;1-8-3-2-4(5,6)7;;;/h2*8,11-17,19-20H,4-7,9-10H2,1-3H3;2-3H2,1H3;2*1H;/q2*-1;;;;+2/p-2.